The van der Waals surface area contributed by atoms with Crippen molar-refractivity contribution in [2.45, 2.75) is 45.3 Å². The minimum atomic E-state index is -0.522. The molecule has 0 saturated carbocycles. The summed E-state index contributed by atoms with van der Waals surface area (Å²) in [7, 11) is 1.64. The number of aryl methyl sites for hydroxylation is 1. The molecule has 1 atom stereocenters. The van der Waals surface area contributed by atoms with Crippen molar-refractivity contribution in [3.8, 4) is 11.5 Å². The van der Waals surface area contributed by atoms with Gasteiger partial charge in [0.2, 0.25) is 0 Å². The van der Waals surface area contributed by atoms with Gasteiger partial charge < -0.3 is 14.8 Å². The van der Waals surface area contributed by atoms with Gasteiger partial charge in [-0.1, -0.05) is 24.3 Å². The van der Waals surface area contributed by atoms with E-state index in [1.165, 1.54) is 24.0 Å². The van der Waals surface area contributed by atoms with E-state index in [9.17, 15) is 4.79 Å². The molecule has 0 saturated heterocycles. The summed E-state index contributed by atoms with van der Waals surface area (Å²) in [6, 6.07) is 13.8. The second-order valence-electron chi connectivity index (χ2n) is 6.43. The SMILES string of the molecule is COc1ccc(CNC(=O)[C@@H](C)Oc2cccc3c2CCCC3)cc1. The van der Waals surface area contributed by atoms with Crippen LogP contribution in [0, 0.1) is 0 Å². The average molecular weight is 339 g/mol. The van der Waals surface area contributed by atoms with Crippen LogP contribution in [-0.4, -0.2) is 19.1 Å². The van der Waals surface area contributed by atoms with Crippen LogP contribution in [0.2, 0.25) is 0 Å². The van der Waals surface area contributed by atoms with Crippen molar-refractivity contribution in [2.24, 2.45) is 0 Å². The van der Waals surface area contributed by atoms with Gasteiger partial charge in [0.1, 0.15) is 11.5 Å². The molecule has 25 heavy (non-hydrogen) atoms. The molecule has 1 N–H and O–H groups in total. The second kappa shape index (κ2) is 8.06. The molecule has 0 fully saturated rings. The van der Waals surface area contributed by atoms with Gasteiger partial charge in [0.05, 0.1) is 7.11 Å². The molecule has 1 aliphatic carbocycles. The van der Waals surface area contributed by atoms with Crippen LogP contribution in [0.5, 0.6) is 11.5 Å². The molecular formula is C21H25NO3. The van der Waals surface area contributed by atoms with Crippen LogP contribution in [0.4, 0.5) is 0 Å². The van der Waals surface area contributed by atoms with E-state index in [1.807, 2.05) is 36.4 Å². The molecule has 0 spiro atoms. The van der Waals surface area contributed by atoms with E-state index in [0.29, 0.717) is 6.54 Å². The van der Waals surface area contributed by atoms with Crippen molar-refractivity contribution in [2.75, 3.05) is 7.11 Å². The van der Waals surface area contributed by atoms with Gasteiger partial charge in [-0.05, 0) is 67.5 Å². The summed E-state index contributed by atoms with van der Waals surface area (Å²) in [6.07, 6.45) is 4.03. The monoisotopic (exact) mass is 339 g/mol. The Kier molecular flexibility index (Phi) is 5.59. The zero-order valence-electron chi connectivity index (χ0n) is 14.9. The maximum atomic E-state index is 12.4. The molecule has 0 radical (unpaired) electrons. The lowest BCUT2D eigenvalue weighted by molar-refractivity contribution is -0.127. The normalized spacial score (nSPS) is 14.3. The number of rotatable bonds is 6. The summed E-state index contributed by atoms with van der Waals surface area (Å²) in [4.78, 5) is 12.4. The van der Waals surface area contributed by atoms with E-state index in [4.69, 9.17) is 9.47 Å². The minimum absolute atomic E-state index is 0.107. The largest absolute Gasteiger partial charge is 0.497 e. The Hall–Kier alpha value is -2.49. The van der Waals surface area contributed by atoms with E-state index < -0.39 is 6.10 Å². The molecule has 0 bridgehead atoms. The zero-order chi connectivity index (χ0) is 17.6. The molecule has 2 aromatic rings. The molecule has 0 unspecified atom stereocenters. The Balaban J connectivity index is 1.57. The number of benzene rings is 2. The number of nitrogens with one attached hydrogen (secondary N) is 1. The summed E-state index contributed by atoms with van der Waals surface area (Å²) in [5.41, 5.74) is 3.65. The van der Waals surface area contributed by atoms with Gasteiger partial charge >= 0.3 is 0 Å². The maximum Gasteiger partial charge on any atom is 0.261 e. The first kappa shape index (κ1) is 17.3. The number of amides is 1. The van der Waals surface area contributed by atoms with Crippen LogP contribution >= 0.6 is 0 Å². The molecule has 4 heteroatoms. The van der Waals surface area contributed by atoms with Crippen molar-refractivity contribution in [3.05, 3.63) is 59.2 Å². The third kappa shape index (κ3) is 4.32. The molecule has 1 aliphatic rings. The van der Waals surface area contributed by atoms with Crippen LogP contribution in [0.25, 0.3) is 0 Å². The predicted octanol–water partition coefficient (Wildman–Crippen LogP) is 3.66. The molecule has 1 amide bonds. The number of hydrogen-bond acceptors (Lipinski definition) is 3. The molecule has 3 rings (SSSR count). The summed E-state index contributed by atoms with van der Waals surface area (Å²) in [6.45, 7) is 2.27. The Labute approximate surface area is 149 Å². The lowest BCUT2D eigenvalue weighted by Gasteiger charge is -2.22. The summed E-state index contributed by atoms with van der Waals surface area (Å²) in [5.74, 6) is 1.55. The van der Waals surface area contributed by atoms with Crippen LogP contribution in [-0.2, 0) is 24.2 Å². The van der Waals surface area contributed by atoms with Crippen LogP contribution < -0.4 is 14.8 Å². The highest BCUT2D eigenvalue weighted by molar-refractivity contribution is 5.80. The van der Waals surface area contributed by atoms with Gasteiger partial charge in [-0.2, -0.15) is 0 Å². The first-order chi connectivity index (χ1) is 12.2. The predicted molar refractivity (Wildman–Crippen MR) is 98.0 cm³/mol. The highest BCUT2D eigenvalue weighted by Crippen LogP contribution is 2.30. The fourth-order valence-corrected chi connectivity index (χ4v) is 3.18. The molecular weight excluding hydrogens is 314 g/mol. The van der Waals surface area contributed by atoms with Crippen molar-refractivity contribution in [1.29, 1.82) is 0 Å². The minimum Gasteiger partial charge on any atom is -0.497 e. The van der Waals surface area contributed by atoms with Crippen molar-refractivity contribution >= 4 is 5.91 Å². The van der Waals surface area contributed by atoms with Gasteiger partial charge in [0, 0.05) is 6.54 Å². The van der Waals surface area contributed by atoms with E-state index in [2.05, 4.69) is 11.4 Å². The topological polar surface area (TPSA) is 47.6 Å². The van der Waals surface area contributed by atoms with Crippen molar-refractivity contribution < 1.29 is 14.3 Å². The molecule has 132 valence electrons. The Bertz CT molecular complexity index is 724. The number of carbonyl (C=O) groups is 1. The van der Waals surface area contributed by atoms with Crippen LogP contribution in [0.15, 0.2) is 42.5 Å². The van der Waals surface area contributed by atoms with Crippen LogP contribution in [0.1, 0.15) is 36.5 Å². The third-order valence-electron chi connectivity index (χ3n) is 4.65. The number of fused-ring (bicyclic) bond motifs is 1. The lowest BCUT2D eigenvalue weighted by Crippen LogP contribution is -2.36. The van der Waals surface area contributed by atoms with Gasteiger partial charge in [-0.25, -0.2) is 0 Å². The molecule has 0 aliphatic heterocycles. The van der Waals surface area contributed by atoms with Gasteiger partial charge in [0.15, 0.2) is 6.10 Å². The standard InChI is InChI=1S/C21H25NO3/c1-15(21(23)22-14-16-10-12-18(24-2)13-11-16)25-20-9-5-7-17-6-3-4-8-19(17)20/h5,7,9-13,15H,3-4,6,8,14H2,1-2H3,(H,22,23)/t15-/m1/s1. The van der Waals surface area contributed by atoms with Crippen molar-refractivity contribution in [1.82, 2.24) is 5.32 Å². The Morgan fingerprint density at radius 2 is 1.88 bits per heavy atom. The highest BCUT2D eigenvalue weighted by Gasteiger charge is 2.19. The molecule has 2 aromatic carbocycles. The van der Waals surface area contributed by atoms with Gasteiger partial charge in [-0.3, -0.25) is 4.79 Å². The molecule has 0 heterocycles. The second-order valence-corrected chi connectivity index (χ2v) is 6.43. The van der Waals surface area contributed by atoms with E-state index in [0.717, 1.165) is 29.9 Å². The highest BCUT2D eigenvalue weighted by atomic mass is 16.5. The number of hydrogen-bond donors (Lipinski definition) is 1. The summed E-state index contributed by atoms with van der Waals surface area (Å²) >= 11 is 0. The average Bonchev–Trinajstić information content (AvgIpc) is 2.66. The fourth-order valence-electron chi connectivity index (χ4n) is 3.18. The van der Waals surface area contributed by atoms with Gasteiger partial charge in [0.25, 0.3) is 5.91 Å². The van der Waals surface area contributed by atoms with E-state index in [1.54, 1.807) is 14.0 Å². The van der Waals surface area contributed by atoms with Gasteiger partial charge in [-0.15, -0.1) is 0 Å². The quantitative estimate of drug-likeness (QED) is 0.874. The van der Waals surface area contributed by atoms with E-state index >= 15 is 0 Å². The van der Waals surface area contributed by atoms with Crippen molar-refractivity contribution in [3.63, 3.8) is 0 Å². The maximum absolute atomic E-state index is 12.4. The number of ether oxygens (including phenoxy) is 2. The first-order valence-corrected chi connectivity index (χ1v) is 8.85. The third-order valence-corrected chi connectivity index (χ3v) is 4.65. The fraction of sp³-hybridized carbons (Fsp3) is 0.381. The smallest absolute Gasteiger partial charge is 0.261 e. The van der Waals surface area contributed by atoms with Crippen LogP contribution in [0.3, 0.4) is 0 Å². The zero-order valence-corrected chi connectivity index (χ0v) is 14.9. The molecule has 0 aromatic heterocycles. The summed E-state index contributed by atoms with van der Waals surface area (Å²) in [5, 5.41) is 2.93. The Morgan fingerprint density at radius 3 is 2.64 bits per heavy atom. The first-order valence-electron chi connectivity index (χ1n) is 8.85. The number of carbonyl (C=O) groups excluding carboxylic acids is 1. The Morgan fingerprint density at radius 1 is 1.12 bits per heavy atom. The van der Waals surface area contributed by atoms with E-state index in [-0.39, 0.29) is 5.91 Å². The lowest BCUT2D eigenvalue weighted by atomic mass is 9.91. The summed E-state index contributed by atoms with van der Waals surface area (Å²) < 4.78 is 11.1. The number of methoxy groups -OCH3 is 1. The molecule has 4 nitrogen and oxygen atoms in total.